The van der Waals surface area contributed by atoms with Crippen LogP contribution in [0.2, 0.25) is 0 Å². The molecule has 1 heterocycles. The molecule has 32 heavy (non-hydrogen) atoms. The zero-order valence-corrected chi connectivity index (χ0v) is 20.3. The molecule has 1 aliphatic carbocycles. The lowest BCUT2D eigenvalue weighted by molar-refractivity contribution is -0.157. The summed E-state index contributed by atoms with van der Waals surface area (Å²) in [7, 11) is 1.33. The van der Waals surface area contributed by atoms with Crippen LogP contribution >= 0.6 is 0 Å². The van der Waals surface area contributed by atoms with Gasteiger partial charge in [0.25, 0.3) is 0 Å². The van der Waals surface area contributed by atoms with Crippen molar-refractivity contribution in [1.29, 1.82) is 0 Å². The minimum Gasteiger partial charge on any atom is -0.467 e. The standard InChI is InChI=1S/C24H40N2O6/c1-17(31-16-18-11-7-6-8-12-18)19(15-25-23(29)32-24(2,3)4)21(27)26-14-10-9-13-20(26)22(28)30-5/h15,17-20H,6-14,16H2,1-5H3/b25-15+/t17-,19?,20+/m1/s1. The number of hydrogen-bond donors (Lipinski definition) is 0. The van der Waals surface area contributed by atoms with Gasteiger partial charge in [0, 0.05) is 19.4 Å². The van der Waals surface area contributed by atoms with Crippen LogP contribution in [0.15, 0.2) is 4.99 Å². The van der Waals surface area contributed by atoms with Crippen molar-refractivity contribution in [2.75, 3.05) is 20.3 Å². The third-order valence-corrected chi connectivity index (χ3v) is 6.10. The molecule has 0 spiro atoms. The van der Waals surface area contributed by atoms with Crippen LogP contribution in [0.4, 0.5) is 4.79 Å². The molecule has 2 rings (SSSR count). The van der Waals surface area contributed by atoms with Crippen molar-refractivity contribution in [3.63, 3.8) is 0 Å². The summed E-state index contributed by atoms with van der Waals surface area (Å²) >= 11 is 0. The number of carbonyl (C=O) groups excluding carboxylic acids is 3. The average Bonchev–Trinajstić information content (AvgIpc) is 2.76. The monoisotopic (exact) mass is 452 g/mol. The van der Waals surface area contributed by atoms with Gasteiger partial charge in [-0.3, -0.25) is 4.79 Å². The summed E-state index contributed by atoms with van der Waals surface area (Å²) in [5, 5.41) is 0. The van der Waals surface area contributed by atoms with Gasteiger partial charge in [0.1, 0.15) is 11.6 Å². The molecular weight excluding hydrogens is 412 g/mol. The second-order valence-corrected chi connectivity index (χ2v) is 9.89. The highest BCUT2D eigenvalue weighted by molar-refractivity contribution is 5.98. The Bertz CT molecular complexity index is 666. The molecule has 0 bridgehead atoms. The van der Waals surface area contributed by atoms with Gasteiger partial charge in [-0.1, -0.05) is 19.3 Å². The van der Waals surface area contributed by atoms with Crippen molar-refractivity contribution >= 4 is 24.2 Å². The molecule has 2 aliphatic rings. The van der Waals surface area contributed by atoms with E-state index in [-0.39, 0.29) is 5.91 Å². The van der Waals surface area contributed by atoms with Crippen LogP contribution in [0, 0.1) is 11.8 Å². The van der Waals surface area contributed by atoms with Crippen molar-refractivity contribution < 1.29 is 28.6 Å². The van der Waals surface area contributed by atoms with Crippen molar-refractivity contribution in [3.05, 3.63) is 0 Å². The minimum absolute atomic E-state index is 0.274. The summed E-state index contributed by atoms with van der Waals surface area (Å²) in [5.41, 5.74) is -0.681. The van der Waals surface area contributed by atoms with Gasteiger partial charge in [0.2, 0.25) is 5.91 Å². The van der Waals surface area contributed by atoms with E-state index >= 15 is 0 Å². The maximum absolute atomic E-state index is 13.5. The summed E-state index contributed by atoms with van der Waals surface area (Å²) in [4.78, 5) is 43.4. The molecule has 0 aromatic rings. The molecule has 0 aromatic carbocycles. The normalized spacial score (nSPS) is 22.4. The van der Waals surface area contributed by atoms with Crippen molar-refractivity contribution in [2.45, 2.75) is 96.8 Å². The molecule has 3 atom stereocenters. The van der Waals surface area contributed by atoms with Gasteiger partial charge >= 0.3 is 12.1 Å². The van der Waals surface area contributed by atoms with Crippen LogP contribution in [0.25, 0.3) is 0 Å². The Morgan fingerprint density at radius 2 is 1.72 bits per heavy atom. The molecule has 182 valence electrons. The van der Waals surface area contributed by atoms with Crippen LogP contribution in [0.3, 0.4) is 0 Å². The molecule has 2 amide bonds. The summed E-state index contributed by atoms with van der Waals surface area (Å²) in [6.07, 6.45) is 8.26. The van der Waals surface area contributed by atoms with Gasteiger partial charge in [-0.05, 0) is 65.7 Å². The topological polar surface area (TPSA) is 94.5 Å². The lowest BCUT2D eigenvalue weighted by Gasteiger charge is -2.36. The number of amides is 2. The molecule has 8 heteroatoms. The molecule has 0 radical (unpaired) electrons. The van der Waals surface area contributed by atoms with E-state index in [0.29, 0.717) is 25.5 Å². The number of piperidine rings is 1. The second-order valence-electron chi connectivity index (χ2n) is 9.89. The molecule has 0 N–H and O–H groups in total. The number of methoxy groups -OCH3 is 1. The van der Waals surface area contributed by atoms with Crippen LogP contribution in [0.1, 0.15) is 79.1 Å². The summed E-state index contributed by atoms with van der Waals surface area (Å²) < 4.78 is 16.3. The van der Waals surface area contributed by atoms with E-state index in [1.165, 1.54) is 32.6 Å². The number of nitrogens with zero attached hydrogens (tertiary/aromatic N) is 2. The third-order valence-electron chi connectivity index (χ3n) is 6.10. The van der Waals surface area contributed by atoms with Gasteiger partial charge in [0.05, 0.1) is 19.1 Å². The van der Waals surface area contributed by atoms with Gasteiger partial charge < -0.3 is 19.1 Å². The Labute approximate surface area is 192 Å². The fourth-order valence-electron chi connectivity index (χ4n) is 4.33. The number of rotatable bonds is 7. The predicted octanol–water partition coefficient (Wildman–Crippen LogP) is 4.15. The average molecular weight is 453 g/mol. The summed E-state index contributed by atoms with van der Waals surface area (Å²) in [6.45, 7) is 8.13. The fourth-order valence-corrected chi connectivity index (χ4v) is 4.33. The molecule has 1 saturated heterocycles. The molecule has 1 unspecified atom stereocenters. The Kier molecular flexibility index (Phi) is 10.1. The Balaban J connectivity index is 2.16. The molecule has 1 saturated carbocycles. The molecule has 0 aromatic heterocycles. The zero-order chi connectivity index (χ0) is 23.7. The van der Waals surface area contributed by atoms with Crippen LogP contribution < -0.4 is 0 Å². The largest absolute Gasteiger partial charge is 0.467 e. The number of likely N-dealkylation sites (tertiary alicyclic amines) is 1. The smallest absolute Gasteiger partial charge is 0.433 e. The van der Waals surface area contributed by atoms with Gasteiger partial charge in [-0.2, -0.15) is 4.99 Å². The van der Waals surface area contributed by atoms with Crippen LogP contribution in [0.5, 0.6) is 0 Å². The Morgan fingerprint density at radius 1 is 1.06 bits per heavy atom. The van der Waals surface area contributed by atoms with Gasteiger partial charge in [-0.25, -0.2) is 9.59 Å². The molecule has 2 fully saturated rings. The first-order valence-electron chi connectivity index (χ1n) is 11.9. The predicted molar refractivity (Wildman–Crippen MR) is 122 cm³/mol. The maximum atomic E-state index is 13.5. The van der Waals surface area contributed by atoms with Crippen molar-refractivity contribution in [1.82, 2.24) is 4.90 Å². The number of carbonyl (C=O) groups is 3. The first-order valence-corrected chi connectivity index (χ1v) is 11.9. The van der Waals surface area contributed by atoms with Gasteiger partial charge in [-0.15, -0.1) is 0 Å². The number of aliphatic imine (C=N–C) groups is 1. The molecule has 8 nitrogen and oxygen atoms in total. The first kappa shape index (κ1) is 26.3. The van der Waals surface area contributed by atoms with Crippen LogP contribution in [-0.2, 0) is 23.8 Å². The second kappa shape index (κ2) is 12.3. The highest BCUT2D eigenvalue weighted by Crippen LogP contribution is 2.26. The summed E-state index contributed by atoms with van der Waals surface area (Å²) in [5.74, 6) is -1.00. The highest BCUT2D eigenvalue weighted by atomic mass is 16.6. The highest BCUT2D eigenvalue weighted by Gasteiger charge is 2.38. The quantitative estimate of drug-likeness (QED) is 0.425. The summed E-state index contributed by atoms with van der Waals surface area (Å²) in [6, 6.07) is -0.621. The lowest BCUT2D eigenvalue weighted by atomic mass is 9.90. The SMILES string of the molecule is COC(=O)[C@@H]1CCCCN1C(=O)C(/C=N/C(=O)OC(C)(C)C)[C@@H](C)OCC1CCCCC1. The first-order chi connectivity index (χ1) is 15.1. The number of hydrogen-bond acceptors (Lipinski definition) is 6. The van der Waals surface area contributed by atoms with E-state index in [1.807, 2.05) is 6.92 Å². The van der Waals surface area contributed by atoms with Crippen molar-refractivity contribution in [2.24, 2.45) is 16.8 Å². The third kappa shape index (κ3) is 8.19. The minimum atomic E-state index is -0.795. The lowest BCUT2D eigenvalue weighted by Crippen LogP contribution is -2.52. The van der Waals surface area contributed by atoms with E-state index in [4.69, 9.17) is 14.2 Å². The van der Waals surface area contributed by atoms with E-state index in [2.05, 4.69) is 4.99 Å². The Morgan fingerprint density at radius 3 is 2.34 bits per heavy atom. The van der Waals surface area contributed by atoms with Gasteiger partial charge in [0.15, 0.2) is 0 Å². The number of ether oxygens (including phenoxy) is 3. The van der Waals surface area contributed by atoms with E-state index in [0.717, 1.165) is 25.7 Å². The Hall–Kier alpha value is -1.96. The molecule has 1 aliphatic heterocycles. The zero-order valence-electron chi connectivity index (χ0n) is 20.3. The van der Waals surface area contributed by atoms with Crippen molar-refractivity contribution in [3.8, 4) is 0 Å². The van der Waals surface area contributed by atoms with Crippen LogP contribution in [-0.4, -0.2) is 67.1 Å². The maximum Gasteiger partial charge on any atom is 0.433 e. The van der Waals surface area contributed by atoms with E-state index in [9.17, 15) is 14.4 Å². The fraction of sp³-hybridized carbons (Fsp3) is 0.833. The number of esters is 1. The van der Waals surface area contributed by atoms with E-state index in [1.54, 1.807) is 25.7 Å². The van der Waals surface area contributed by atoms with E-state index < -0.39 is 35.7 Å². The molecular formula is C24H40N2O6.